The third-order valence-electron chi connectivity index (χ3n) is 2.51. The summed E-state index contributed by atoms with van der Waals surface area (Å²) < 4.78 is 0. The topological polar surface area (TPSA) is 50.9 Å². The lowest BCUT2D eigenvalue weighted by Gasteiger charge is -2.07. The number of nitrogens with one attached hydrogen (secondary N) is 1. The molecule has 0 atom stereocenters. The summed E-state index contributed by atoms with van der Waals surface area (Å²) in [5.41, 5.74) is 8.41. The molecule has 0 amide bonds. The first-order valence-corrected chi connectivity index (χ1v) is 5.74. The number of nitrogens with two attached hydrogens (primary N) is 1. The highest BCUT2D eigenvalue weighted by molar-refractivity contribution is 6.30. The highest BCUT2D eigenvalue weighted by atomic mass is 35.5. The van der Waals surface area contributed by atoms with Crippen LogP contribution in [0.4, 0.5) is 11.5 Å². The fourth-order valence-electron chi connectivity index (χ4n) is 1.47. The molecule has 0 saturated carbocycles. The molecule has 2 aromatic rings. The van der Waals surface area contributed by atoms with Crippen LogP contribution in [-0.4, -0.2) is 4.98 Å². The molecule has 2 rings (SSSR count). The van der Waals surface area contributed by atoms with Crippen LogP contribution in [0.5, 0.6) is 0 Å². The van der Waals surface area contributed by atoms with Gasteiger partial charge < -0.3 is 11.1 Å². The van der Waals surface area contributed by atoms with Gasteiger partial charge in [-0.05, 0) is 36.8 Å². The van der Waals surface area contributed by atoms with Gasteiger partial charge in [-0.25, -0.2) is 4.98 Å². The zero-order valence-corrected chi connectivity index (χ0v) is 10.3. The Hall–Kier alpha value is -1.74. The van der Waals surface area contributed by atoms with E-state index < -0.39 is 0 Å². The van der Waals surface area contributed by atoms with Crippen LogP contribution in [-0.2, 0) is 6.54 Å². The Kier molecular flexibility index (Phi) is 3.49. The first-order valence-electron chi connectivity index (χ1n) is 5.36. The summed E-state index contributed by atoms with van der Waals surface area (Å²) in [7, 11) is 0. The van der Waals surface area contributed by atoms with E-state index in [-0.39, 0.29) is 0 Å². The third kappa shape index (κ3) is 3.11. The van der Waals surface area contributed by atoms with Crippen LogP contribution >= 0.6 is 11.6 Å². The van der Waals surface area contributed by atoms with Crippen molar-refractivity contribution in [2.45, 2.75) is 13.5 Å². The van der Waals surface area contributed by atoms with Crippen molar-refractivity contribution in [3.05, 3.63) is 52.7 Å². The van der Waals surface area contributed by atoms with Gasteiger partial charge in [0.1, 0.15) is 5.82 Å². The zero-order valence-electron chi connectivity index (χ0n) is 9.57. The van der Waals surface area contributed by atoms with Crippen LogP contribution in [0.15, 0.2) is 36.4 Å². The fraction of sp³-hybridized carbons (Fsp3) is 0.154. The van der Waals surface area contributed by atoms with Crippen LogP contribution in [0.2, 0.25) is 5.02 Å². The van der Waals surface area contributed by atoms with Gasteiger partial charge in [-0.2, -0.15) is 0 Å². The minimum absolute atomic E-state index is 0.710. The van der Waals surface area contributed by atoms with Gasteiger partial charge >= 0.3 is 0 Å². The highest BCUT2D eigenvalue weighted by Gasteiger charge is 1.98. The van der Waals surface area contributed by atoms with Crippen LogP contribution in [0.25, 0.3) is 0 Å². The van der Waals surface area contributed by atoms with Crippen LogP contribution in [0, 0.1) is 6.92 Å². The summed E-state index contributed by atoms with van der Waals surface area (Å²) in [5, 5.41) is 3.98. The predicted molar refractivity (Wildman–Crippen MR) is 72.2 cm³/mol. The molecule has 0 saturated heterocycles. The predicted octanol–water partition coefficient (Wildman–Crippen LogP) is 3.24. The number of aryl methyl sites for hydroxylation is 1. The van der Waals surface area contributed by atoms with E-state index in [2.05, 4.69) is 10.3 Å². The summed E-state index contributed by atoms with van der Waals surface area (Å²) in [6.45, 7) is 2.61. The Balaban J connectivity index is 2.02. The molecule has 0 bridgehead atoms. The molecular weight excluding hydrogens is 234 g/mol. The molecule has 1 aromatic heterocycles. The molecule has 3 nitrogen and oxygen atoms in total. The minimum Gasteiger partial charge on any atom is -0.397 e. The van der Waals surface area contributed by atoms with Crippen molar-refractivity contribution in [1.82, 2.24) is 4.98 Å². The number of aromatic nitrogens is 1. The number of hydrogen-bond acceptors (Lipinski definition) is 3. The van der Waals surface area contributed by atoms with E-state index in [0.29, 0.717) is 12.2 Å². The highest BCUT2D eigenvalue weighted by Crippen LogP contribution is 2.14. The lowest BCUT2D eigenvalue weighted by Crippen LogP contribution is -2.03. The number of pyridine rings is 1. The van der Waals surface area contributed by atoms with E-state index >= 15 is 0 Å². The Bertz CT molecular complexity index is 509. The number of anilines is 2. The first kappa shape index (κ1) is 11.7. The second kappa shape index (κ2) is 5.06. The number of halogens is 1. The molecule has 1 aromatic carbocycles. The van der Waals surface area contributed by atoms with Gasteiger partial charge in [0.2, 0.25) is 0 Å². The summed E-state index contributed by atoms with van der Waals surface area (Å²) in [5.74, 6) is 0.826. The first-order chi connectivity index (χ1) is 8.15. The fourth-order valence-corrected chi connectivity index (χ4v) is 1.59. The molecule has 0 aliphatic carbocycles. The Morgan fingerprint density at radius 2 is 1.88 bits per heavy atom. The summed E-state index contributed by atoms with van der Waals surface area (Å²) in [6, 6.07) is 11.4. The molecule has 3 N–H and O–H groups in total. The maximum Gasteiger partial charge on any atom is 0.126 e. The largest absolute Gasteiger partial charge is 0.397 e. The molecule has 88 valence electrons. The molecule has 1 heterocycles. The maximum absolute atomic E-state index is 5.82. The molecular formula is C13H14ClN3. The summed E-state index contributed by atoms with van der Waals surface area (Å²) in [4.78, 5) is 4.34. The lowest BCUT2D eigenvalue weighted by atomic mass is 10.2. The molecule has 0 radical (unpaired) electrons. The van der Waals surface area contributed by atoms with Gasteiger partial charge in [0.15, 0.2) is 0 Å². The van der Waals surface area contributed by atoms with Crippen LogP contribution < -0.4 is 11.1 Å². The smallest absolute Gasteiger partial charge is 0.126 e. The zero-order chi connectivity index (χ0) is 12.3. The molecule has 0 unspecified atom stereocenters. The van der Waals surface area contributed by atoms with E-state index in [1.165, 1.54) is 0 Å². The van der Waals surface area contributed by atoms with Crippen LogP contribution in [0.1, 0.15) is 11.3 Å². The van der Waals surface area contributed by atoms with Crippen molar-refractivity contribution in [2.24, 2.45) is 0 Å². The average Bonchev–Trinajstić information content (AvgIpc) is 2.33. The molecule has 4 heteroatoms. The normalized spacial score (nSPS) is 10.2. The molecule has 0 aliphatic heterocycles. The molecule has 0 aliphatic rings. The van der Waals surface area contributed by atoms with Gasteiger partial charge in [0.05, 0.1) is 11.4 Å². The molecule has 17 heavy (non-hydrogen) atoms. The van der Waals surface area contributed by atoms with Gasteiger partial charge in [0, 0.05) is 11.6 Å². The van der Waals surface area contributed by atoms with E-state index in [4.69, 9.17) is 17.3 Å². The van der Waals surface area contributed by atoms with Crippen LogP contribution in [0.3, 0.4) is 0 Å². The Morgan fingerprint density at radius 3 is 2.53 bits per heavy atom. The summed E-state index contributed by atoms with van der Waals surface area (Å²) in [6.07, 6.45) is 0. The van der Waals surface area contributed by atoms with Gasteiger partial charge in [-0.1, -0.05) is 23.7 Å². The van der Waals surface area contributed by atoms with E-state index in [0.717, 1.165) is 22.1 Å². The quantitative estimate of drug-likeness (QED) is 0.876. The number of nitrogen functional groups attached to an aromatic ring is 1. The lowest BCUT2D eigenvalue weighted by molar-refractivity contribution is 1.09. The van der Waals surface area contributed by atoms with Crippen molar-refractivity contribution in [3.63, 3.8) is 0 Å². The second-order valence-corrected chi connectivity index (χ2v) is 4.29. The molecule has 0 spiro atoms. The maximum atomic E-state index is 5.82. The SMILES string of the molecule is Cc1nc(NCc2ccc(Cl)cc2)ccc1N. The standard InChI is InChI=1S/C13H14ClN3/c1-9-12(15)6-7-13(17-9)16-8-10-2-4-11(14)5-3-10/h2-7H,8,15H2,1H3,(H,16,17). The van der Waals surface area contributed by atoms with E-state index in [1.54, 1.807) is 0 Å². The van der Waals surface area contributed by atoms with Crippen molar-refractivity contribution < 1.29 is 0 Å². The minimum atomic E-state index is 0.710. The Morgan fingerprint density at radius 1 is 1.18 bits per heavy atom. The number of rotatable bonds is 3. The van der Waals surface area contributed by atoms with Crippen molar-refractivity contribution in [2.75, 3.05) is 11.1 Å². The summed E-state index contributed by atoms with van der Waals surface area (Å²) >= 11 is 5.82. The Labute approximate surface area is 106 Å². The average molecular weight is 248 g/mol. The second-order valence-electron chi connectivity index (χ2n) is 3.85. The van der Waals surface area contributed by atoms with Crippen molar-refractivity contribution in [1.29, 1.82) is 0 Å². The van der Waals surface area contributed by atoms with E-state index in [1.807, 2.05) is 43.3 Å². The number of nitrogens with zero attached hydrogens (tertiary/aromatic N) is 1. The van der Waals surface area contributed by atoms with Gasteiger partial charge in [-0.3, -0.25) is 0 Å². The molecule has 0 fully saturated rings. The van der Waals surface area contributed by atoms with Gasteiger partial charge in [-0.15, -0.1) is 0 Å². The number of benzene rings is 1. The van der Waals surface area contributed by atoms with Crippen molar-refractivity contribution in [3.8, 4) is 0 Å². The van der Waals surface area contributed by atoms with E-state index in [9.17, 15) is 0 Å². The monoisotopic (exact) mass is 247 g/mol. The third-order valence-corrected chi connectivity index (χ3v) is 2.77. The van der Waals surface area contributed by atoms with Gasteiger partial charge in [0.25, 0.3) is 0 Å². The van der Waals surface area contributed by atoms with Crippen molar-refractivity contribution >= 4 is 23.1 Å². The number of hydrogen-bond donors (Lipinski definition) is 2.